The standard InChI is InChI=1S/C46H51N11O13S3/c1-27-18-28(2)42(29(3)19-27)72(66,67)56-36(30(4)58)24-51-44(61)35-25-57(38-20-31(10-12-34(38)41(35)59)21-52-46-48-15-16-49-46)17-7-14-47-45(62)37(26-71(63,64)65)54-43(60)33-11-13-40(50-22-33)55-53-23-32-8-5-6-9-39(32)73(68,69)70/h5-6,8-13,15-16,18-20,22-23,25,36-37,56H,7,14,17,21,24,26H2,1-4H3,(H,47,62)(H,50,55)(H,51,61)(H,54,60)(H2,48,49,52)(H,63,64,65)(H,68,69,70)/b53-23-/t36?,37-/m0/s1. The smallest absolute Gasteiger partial charge is 0.295 e. The Balaban J connectivity index is 1.15. The first-order chi connectivity index (χ1) is 34.4. The number of Topliss-reactive ketones (excluding diaryl/α,β-unsaturated/α-hetero) is 1. The lowest BCUT2D eigenvalue weighted by Gasteiger charge is -2.20. The molecule has 0 aliphatic carbocycles. The summed E-state index contributed by atoms with van der Waals surface area (Å²) in [5.74, 6) is -4.09. The molecule has 0 saturated heterocycles. The molecule has 27 heteroatoms. The number of benzene rings is 3. The van der Waals surface area contributed by atoms with Gasteiger partial charge in [-0.25, -0.2) is 18.4 Å². The van der Waals surface area contributed by atoms with Crippen LogP contribution in [-0.2, 0) is 52.9 Å². The highest BCUT2D eigenvalue weighted by Crippen LogP contribution is 2.22. The molecule has 73 heavy (non-hydrogen) atoms. The summed E-state index contributed by atoms with van der Waals surface area (Å²) in [5.41, 5.74) is 4.28. The minimum absolute atomic E-state index is 0.00709. The molecule has 9 N–H and O–H groups in total. The Bertz CT molecular complexity index is 3470. The van der Waals surface area contributed by atoms with Crippen molar-refractivity contribution in [2.24, 2.45) is 5.10 Å². The summed E-state index contributed by atoms with van der Waals surface area (Å²) in [7, 11) is -13.6. The van der Waals surface area contributed by atoms with E-state index in [9.17, 15) is 58.3 Å². The molecule has 2 atom stereocenters. The Kier molecular flexibility index (Phi) is 17.4. The van der Waals surface area contributed by atoms with Crippen LogP contribution >= 0.6 is 0 Å². The first-order valence-electron chi connectivity index (χ1n) is 22.0. The minimum Gasteiger partial charge on any atom is -0.354 e. The first kappa shape index (κ1) is 54.6. The molecular formula is C46H51N11O13S3. The van der Waals surface area contributed by atoms with Crippen molar-refractivity contribution in [3.63, 3.8) is 0 Å². The summed E-state index contributed by atoms with van der Waals surface area (Å²) in [4.78, 5) is 77.8. The number of anilines is 2. The van der Waals surface area contributed by atoms with E-state index in [2.05, 4.69) is 51.5 Å². The fourth-order valence-electron chi connectivity index (χ4n) is 7.64. The van der Waals surface area contributed by atoms with Gasteiger partial charge in [-0.1, -0.05) is 42.0 Å². The molecule has 24 nitrogen and oxygen atoms in total. The van der Waals surface area contributed by atoms with Gasteiger partial charge in [0.05, 0.1) is 28.2 Å². The molecular weight excluding hydrogens is 1010 g/mol. The van der Waals surface area contributed by atoms with Gasteiger partial charge in [0.15, 0.2) is 5.95 Å². The lowest BCUT2D eigenvalue weighted by molar-refractivity contribution is -0.122. The Hall–Kier alpha value is -7.69. The number of aryl methyl sites for hydroxylation is 4. The summed E-state index contributed by atoms with van der Waals surface area (Å²) in [5, 5.41) is 14.4. The maximum Gasteiger partial charge on any atom is 0.295 e. The maximum absolute atomic E-state index is 13.9. The predicted octanol–water partition coefficient (Wildman–Crippen LogP) is 2.21. The van der Waals surface area contributed by atoms with Crippen LogP contribution in [0.2, 0.25) is 0 Å². The number of nitrogens with one attached hydrogen (secondary N) is 7. The minimum atomic E-state index is -4.83. The molecule has 1 unspecified atom stereocenters. The number of nitrogens with zero attached hydrogens (tertiary/aromatic N) is 4. The Morgan fingerprint density at radius 1 is 0.877 bits per heavy atom. The fourth-order valence-corrected chi connectivity index (χ4v) is 10.7. The van der Waals surface area contributed by atoms with Crippen molar-refractivity contribution in [3.05, 3.63) is 141 Å². The van der Waals surface area contributed by atoms with E-state index in [0.29, 0.717) is 28.2 Å². The zero-order chi connectivity index (χ0) is 53.3. The van der Waals surface area contributed by atoms with Crippen LogP contribution in [0.15, 0.2) is 111 Å². The fraction of sp³-hybridized carbons (Fsp3) is 0.261. The number of imidazole rings is 1. The van der Waals surface area contributed by atoms with Gasteiger partial charge in [0, 0.05) is 61.9 Å². The van der Waals surface area contributed by atoms with Crippen molar-refractivity contribution in [2.45, 2.75) is 69.1 Å². The number of aromatic nitrogens is 4. The summed E-state index contributed by atoms with van der Waals surface area (Å²) in [6.45, 7) is 5.88. The SMILES string of the molecule is CC(=O)C(CNC(=O)c1cn(CCCNC(=O)[C@H](CS(=O)(=O)O)NC(=O)c2ccc(N/N=C\c3ccccc3S(=O)(=O)O)nc2)c2cc(CNc3ncc[nH]3)ccc2c1=O)NS(=O)(=O)c1c(C)cc(C)cc1C. The van der Waals surface area contributed by atoms with E-state index in [1.54, 1.807) is 55.1 Å². The molecule has 3 heterocycles. The number of hydrogen-bond acceptors (Lipinski definition) is 16. The molecule has 3 aromatic heterocycles. The Labute approximate surface area is 419 Å². The van der Waals surface area contributed by atoms with Crippen molar-refractivity contribution in [3.8, 4) is 0 Å². The quantitative estimate of drug-likeness (QED) is 0.0192. The van der Waals surface area contributed by atoms with Gasteiger partial charge in [0.25, 0.3) is 32.1 Å². The second kappa shape index (κ2) is 23.2. The van der Waals surface area contributed by atoms with Gasteiger partial charge in [0.2, 0.25) is 21.4 Å². The number of rotatable bonds is 23. The lowest BCUT2D eigenvalue weighted by Crippen LogP contribution is -2.50. The van der Waals surface area contributed by atoms with Crippen molar-refractivity contribution < 1.29 is 53.5 Å². The molecule has 6 rings (SSSR count). The molecule has 0 fully saturated rings. The van der Waals surface area contributed by atoms with Gasteiger partial charge in [0.1, 0.15) is 33.9 Å². The Morgan fingerprint density at radius 2 is 1.60 bits per heavy atom. The average molecular weight is 1060 g/mol. The number of carbonyl (C=O) groups excluding carboxylic acids is 4. The summed E-state index contributed by atoms with van der Waals surface area (Å²) in [6, 6.07) is 13.1. The predicted molar refractivity (Wildman–Crippen MR) is 269 cm³/mol. The highest BCUT2D eigenvalue weighted by molar-refractivity contribution is 7.89. The second-order valence-corrected chi connectivity index (χ2v) is 21.2. The first-order valence-corrected chi connectivity index (χ1v) is 26.6. The van der Waals surface area contributed by atoms with Crippen LogP contribution in [0.1, 0.15) is 61.9 Å². The van der Waals surface area contributed by atoms with E-state index in [1.165, 1.54) is 48.7 Å². The van der Waals surface area contributed by atoms with Gasteiger partial charge in [-0.05, 0) is 81.1 Å². The number of amides is 3. The van der Waals surface area contributed by atoms with Crippen LogP contribution in [0.5, 0.6) is 0 Å². The van der Waals surface area contributed by atoms with Crippen LogP contribution in [0, 0.1) is 20.8 Å². The number of ketones is 1. The van der Waals surface area contributed by atoms with Crippen LogP contribution in [0.25, 0.3) is 10.9 Å². The van der Waals surface area contributed by atoms with Crippen LogP contribution in [0.3, 0.4) is 0 Å². The molecule has 386 valence electrons. The number of aromatic amines is 1. The number of carbonyl (C=O) groups is 4. The highest BCUT2D eigenvalue weighted by Gasteiger charge is 2.29. The van der Waals surface area contributed by atoms with E-state index in [-0.39, 0.29) is 63.7 Å². The van der Waals surface area contributed by atoms with Gasteiger partial charge in [-0.15, -0.1) is 0 Å². The molecule has 0 bridgehead atoms. The molecule has 3 amide bonds. The van der Waals surface area contributed by atoms with Crippen molar-refractivity contribution in [2.75, 3.05) is 29.6 Å². The van der Waals surface area contributed by atoms with E-state index in [4.69, 9.17) is 0 Å². The Morgan fingerprint density at radius 3 is 2.25 bits per heavy atom. The molecule has 0 spiro atoms. The number of H-pyrrole nitrogens is 1. The summed E-state index contributed by atoms with van der Waals surface area (Å²) in [6.07, 6.45) is 6.75. The third-order valence-corrected chi connectivity index (χ3v) is 14.4. The van der Waals surface area contributed by atoms with E-state index >= 15 is 0 Å². The number of hydrogen-bond donors (Lipinski definition) is 9. The monoisotopic (exact) mass is 1060 g/mol. The summed E-state index contributed by atoms with van der Waals surface area (Å²) >= 11 is 0. The van der Waals surface area contributed by atoms with Crippen LogP contribution in [0.4, 0.5) is 11.8 Å². The number of hydrazone groups is 1. The van der Waals surface area contributed by atoms with Gasteiger partial charge >= 0.3 is 0 Å². The van der Waals surface area contributed by atoms with Crippen LogP contribution < -0.4 is 36.8 Å². The zero-order valence-corrected chi connectivity index (χ0v) is 42.0. The molecule has 0 aliphatic rings. The molecule has 6 aromatic rings. The second-order valence-electron chi connectivity index (χ2n) is 16.7. The molecule has 0 saturated carbocycles. The molecule has 3 aromatic carbocycles. The zero-order valence-electron chi connectivity index (χ0n) is 39.5. The average Bonchev–Trinajstić information content (AvgIpc) is 3.84. The molecule has 0 aliphatic heterocycles. The third-order valence-electron chi connectivity index (χ3n) is 11.0. The van der Waals surface area contributed by atoms with Crippen LogP contribution in [-0.4, -0.2) is 115 Å². The van der Waals surface area contributed by atoms with Crippen molar-refractivity contribution in [1.82, 2.24) is 40.2 Å². The largest absolute Gasteiger partial charge is 0.354 e. The molecule has 0 radical (unpaired) electrons. The summed E-state index contributed by atoms with van der Waals surface area (Å²) < 4.78 is 97.4. The lowest BCUT2D eigenvalue weighted by atomic mass is 10.1. The van der Waals surface area contributed by atoms with E-state index in [1.807, 2.05) is 6.92 Å². The topological polar surface area (TPSA) is 359 Å². The van der Waals surface area contributed by atoms with Gasteiger partial charge in [-0.3, -0.25) is 38.5 Å². The van der Waals surface area contributed by atoms with Gasteiger partial charge < -0.3 is 30.8 Å². The third kappa shape index (κ3) is 14.7. The van der Waals surface area contributed by atoms with Crippen molar-refractivity contribution >= 4 is 82.6 Å². The maximum atomic E-state index is 13.9. The number of fused-ring (bicyclic) bond motifs is 1. The normalized spacial score (nSPS) is 12.8. The van der Waals surface area contributed by atoms with E-state index in [0.717, 1.165) is 24.9 Å². The van der Waals surface area contributed by atoms with E-state index < -0.39 is 83.6 Å². The van der Waals surface area contributed by atoms with Crippen molar-refractivity contribution in [1.29, 1.82) is 0 Å². The number of sulfonamides is 1. The van der Waals surface area contributed by atoms with Gasteiger partial charge in [-0.2, -0.15) is 26.7 Å². The number of pyridine rings is 2. The highest BCUT2D eigenvalue weighted by atomic mass is 32.2.